The summed E-state index contributed by atoms with van der Waals surface area (Å²) in [7, 11) is 0. The third kappa shape index (κ3) is 3.42. The summed E-state index contributed by atoms with van der Waals surface area (Å²) in [4.78, 5) is 0. The van der Waals surface area contributed by atoms with Gasteiger partial charge in [-0.2, -0.15) is 0 Å². The normalized spacial score (nSPS) is 20.6. The van der Waals surface area contributed by atoms with Gasteiger partial charge in [0, 0.05) is 32.9 Å². The molecule has 2 aliphatic rings. The zero-order valence-corrected chi connectivity index (χ0v) is 32.1. The molecular weight excluding hydrogens is 605 g/mol. The summed E-state index contributed by atoms with van der Waals surface area (Å²) >= 11 is 0. The highest BCUT2D eigenvalue weighted by atomic mass is 15.0. The van der Waals surface area contributed by atoms with Gasteiger partial charge in [0.05, 0.1) is 22.1 Å². The molecule has 2 nitrogen and oxygen atoms in total. The molecule has 2 aromatic heterocycles. The van der Waals surface area contributed by atoms with Gasteiger partial charge >= 0.3 is 0 Å². The summed E-state index contributed by atoms with van der Waals surface area (Å²) in [6.07, 6.45) is 0. The van der Waals surface area contributed by atoms with E-state index in [0.29, 0.717) is 0 Å². The number of aromatic nitrogens is 2. The Bertz CT molecular complexity index is 2380. The monoisotopic (exact) mass is 656 g/mol. The molecule has 0 spiro atoms. The maximum absolute atomic E-state index is 2.57. The lowest BCUT2D eigenvalue weighted by molar-refractivity contribution is 0.125. The van der Waals surface area contributed by atoms with Gasteiger partial charge in [-0.15, -0.1) is 0 Å². The summed E-state index contributed by atoms with van der Waals surface area (Å²) in [6, 6.07) is 37.2. The van der Waals surface area contributed by atoms with Crippen LogP contribution in [0.15, 0.2) is 97.1 Å². The van der Waals surface area contributed by atoms with Crippen LogP contribution in [0.25, 0.3) is 55.0 Å². The topological polar surface area (TPSA) is 9.86 Å². The number of benzene rings is 5. The molecule has 2 heteroatoms. The van der Waals surface area contributed by atoms with E-state index in [1.54, 1.807) is 0 Å². The van der Waals surface area contributed by atoms with Crippen LogP contribution in [0.5, 0.6) is 0 Å². The molecular formula is C48H52N2. The van der Waals surface area contributed by atoms with Crippen molar-refractivity contribution in [2.75, 3.05) is 0 Å². The number of para-hydroxylation sites is 2. The van der Waals surface area contributed by atoms with Crippen molar-refractivity contribution < 1.29 is 0 Å². The van der Waals surface area contributed by atoms with E-state index in [-0.39, 0.29) is 32.5 Å². The third-order valence-corrected chi connectivity index (χ3v) is 15.9. The highest BCUT2D eigenvalue weighted by molar-refractivity contribution is 6.24. The summed E-state index contributed by atoms with van der Waals surface area (Å²) in [5.41, 5.74) is 13.7. The van der Waals surface area contributed by atoms with E-state index in [1.165, 1.54) is 77.2 Å². The number of hydrogen-bond donors (Lipinski definition) is 0. The average Bonchev–Trinajstić information content (AvgIpc) is 3.64. The van der Waals surface area contributed by atoms with E-state index in [4.69, 9.17) is 0 Å². The van der Waals surface area contributed by atoms with Gasteiger partial charge in [-0.3, -0.25) is 0 Å². The minimum atomic E-state index is 0.0141. The average molecular weight is 657 g/mol. The Labute approximate surface area is 298 Å². The van der Waals surface area contributed by atoms with E-state index in [1.807, 2.05) is 0 Å². The fraction of sp³-hybridized carbons (Fsp3) is 0.375. The van der Waals surface area contributed by atoms with Crippen molar-refractivity contribution in [3.8, 4) is 11.4 Å². The van der Waals surface area contributed by atoms with Gasteiger partial charge in [-0.1, -0.05) is 132 Å². The van der Waals surface area contributed by atoms with Gasteiger partial charge < -0.3 is 9.13 Å². The second-order valence-electron chi connectivity index (χ2n) is 18.8. The lowest BCUT2D eigenvalue weighted by atomic mass is 9.59. The van der Waals surface area contributed by atoms with Crippen molar-refractivity contribution in [1.82, 2.24) is 9.13 Å². The molecule has 0 radical (unpaired) electrons. The first-order chi connectivity index (χ1) is 23.4. The van der Waals surface area contributed by atoms with Crippen LogP contribution in [-0.2, 0) is 21.7 Å². The second-order valence-corrected chi connectivity index (χ2v) is 18.8. The molecule has 0 unspecified atom stereocenters. The quantitative estimate of drug-likeness (QED) is 0.175. The highest BCUT2D eigenvalue weighted by Crippen LogP contribution is 2.64. The SMILES string of the molecule is CC1(C)c2cc3c4ccc5c6cc7c(cc6n(-c6ccccc6)c5c4n(-c4ccccc4)c3cc2C(C)(C)C1(C)C)C(C)(C)C(C)(C)C7(C)C. The number of fused-ring (bicyclic) bond motifs is 9. The molecule has 7 aromatic rings. The molecule has 0 amide bonds. The smallest absolute Gasteiger partial charge is 0.0788 e. The zero-order chi connectivity index (χ0) is 35.6. The first-order valence-corrected chi connectivity index (χ1v) is 18.6. The fourth-order valence-corrected chi connectivity index (χ4v) is 10.4. The molecule has 0 saturated carbocycles. The Hall–Kier alpha value is -4.30. The Morgan fingerprint density at radius 3 is 0.960 bits per heavy atom. The predicted octanol–water partition coefficient (Wildman–Crippen LogP) is 13.1. The molecule has 0 N–H and O–H groups in total. The van der Waals surface area contributed by atoms with Crippen LogP contribution in [0.4, 0.5) is 0 Å². The molecule has 9 rings (SSSR count). The molecule has 50 heavy (non-hydrogen) atoms. The highest BCUT2D eigenvalue weighted by Gasteiger charge is 2.58. The Morgan fingerprint density at radius 1 is 0.340 bits per heavy atom. The summed E-state index contributed by atoms with van der Waals surface area (Å²) in [6.45, 7) is 29.5. The minimum Gasteiger partial charge on any atom is -0.307 e. The number of rotatable bonds is 2. The maximum atomic E-state index is 2.57. The lowest BCUT2D eigenvalue weighted by Crippen LogP contribution is -2.42. The molecule has 0 bridgehead atoms. The summed E-state index contributed by atoms with van der Waals surface area (Å²) < 4.78 is 5.15. The van der Waals surface area contributed by atoms with Crippen LogP contribution in [-0.4, -0.2) is 9.13 Å². The summed E-state index contributed by atoms with van der Waals surface area (Å²) in [5, 5.41) is 5.29. The second kappa shape index (κ2) is 9.32. The lowest BCUT2D eigenvalue weighted by Gasteiger charge is -2.44. The third-order valence-electron chi connectivity index (χ3n) is 15.9. The van der Waals surface area contributed by atoms with Gasteiger partial charge in [0.1, 0.15) is 0 Å². The first-order valence-electron chi connectivity index (χ1n) is 18.6. The van der Waals surface area contributed by atoms with Crippen molar-refractivity contribution in [3.63, 3.8) is 0 Å². The molecule has 5 aromatic carbocycles. The van der Waals surface area contributed by atoms with Gasteiger partial charge in [-0.05, 0) is 103 Å². The minimum absolute atomic E-state index is 0.0141. The molecule has 0 saturated heterocycles. The standard InChI is InChI=1S/C48H52N2/c1-43(2)35-25-33-31-23-24-32-34-26-36-38(46(7,8)48(11,12)44(36,3)4)28-40(34)50(30-21-17-14-18-22-30)42(32)41(31)49(29-19-15-13-16-20-29)39(33)27-37(35)45(5,6)47(43,9)10/h13-28H,1-12H3. The van der Waals surface area contributed by atoms with Crippen LogP contribution in [0, 0.1) is 10.8 Å². The molecule has 0 fully saturated rings. The van der Waals surface area contributed by atoms with Crippen molar-refractivity contribution in [2.24, 2.45) is 10.8 Å². The van der Waals surface area contributed by atoms with Crippen LogP contribution in [0.2, 0.25) is 0 Å². The predicted molar refractivity (Wildman–Crippen MR) is 215 cm³/mol. The number of hydrogen-bond acceptors (Lipinski definition) is 0. The Balaban J connectivity index is 1.52. The number of nitrogens with zero attached hydrogens (tertiary/aromatic N) is 2. The fourth-order valence-electron chi connectivity index (χ4n) is 10.4. The van der Waals surface area contributed by atoms with Crippen molar-refractivity contribution in [3.05, 3.63) is 119 Å². The van der Waals surface area contributed by atoms with Crippen molar-refractivity contribution in [1.29, 1.82) is 0 Å². The van der Waals surface area contributed by atoms with Crippen LogP contribution in [0.1, 0.15) is 105 Å². The van der Waals surface area contributed by atoms with E-state index in [0.717, 1.165) is 0 Å². The zero-order valence-electron chi connectivity index (χ0n) is 32.1. The van der Waals surface area contributed by atoms with Gasteiger partial charge in [0.2, 0.25) is 0 Å². The largest absolute Gasteiger partial charge is 0.307 e. The van der Waals surface area contributed by atoms with Gasteiger partial charge in [-0.25, -0.2) is 0 Å². The molecule has 2 aliphatic carbocycles. The molecule has 2 heterocycles. The van der Waals surface area contributed by atoms with Crippen molar-refractivity contribution in [2.45, 2.75) is 105 Å². The Kier molecular flexibility index (Phi) is 5.90. The van der Waals surface area contributed by atoms with E-state index in [9.17, 15) is 0 Å². The maximum Gasteiger partial charge on any atom is 0.0788 e. The molecule has 0 aliphatic heterocycles. The van der Waals surface area contributed by atoms with Crippen LogP contribution in [0.3, 0.4) is 0 Å². The summed E-state index contributed by atoms with van der Waals surface area (Å²) in [5.74, 6) is 0. The van der Waals surface area contributed by atoms with Gasteiger partial charge in [0.25, 0.3) is 0 Å². The molecule has 254 valence electrons. The van der Waals surface area contributed by atoms with Crippen molar-refractivity contribution >= 4 is 43.6 Å². The first kappa shape index (κ1) is 31.7. The van der Waals surface area contributed by atoms with E-state index < -0.39 is 0 Å². The van der Waals surface area contributed by atoms with E-state index in [2.05, 4.69) is 189 Å². The van der Waals surface area contributed by atoms with Crippen LogP contribution >= 0.6 is 0 Å². The van der Waals surface area contributed by atoms with E-state index >= 15 is 0 Å². The van der Waals surface area contributed by atoms with Crippen LogP contribution < -0.4 is 0 Å². The molecule has 0 atom stereocenters. The Morgan fingerprint density at radius 2 is 0.640 bits per heavy atom. The van der Waals surface area contributed by atoms with Gasteiger partial charge in [0.15, 0.2) is 0 Å².